The first-order valence-corrected chi connectivity index (χ1v) is 12.5. The Balaban J connectivity index is 1.84. The maximum atomic E-state index is 14.1. The van der Waals surface area contributed by atoms with E-state index in [1.54, 1.807) is 6.07 Å². The minimum atomic E-state index is -1.19. The van der Waals surface area contributed by atoms with E-state index in [9.17, 15) is 18.8 Å². The fourth-order valence-electron chi connectivity index (χ4n) is 4.36. The molecule has 5 N–H and O–H groups in total. The van der Waals surface area contributed by atoms with E-state index in [2.05, 4.69) is 9.69 Å². The van der Waals surface area contributed by atoms with Crippen molar-refractivity contribution in [3.05, 3.63) is 75.5 Å². The molecule has 9 nitrogen and oxygen atoms in total. The summed E-state index contributed by atoms with van der Waals surface area (Å²) in [6, 6.07) is 9.62. The minimum absolute atomic E-state index is 0.0344. The van der Waals surface area contributed by atoms with Crippen LogP contribution in [-0.2, 0) is 9.53 Å². The second-order valence-corrected chi connectivity index (χ2v) is 9.71. The molecule has 194 valence electrons. The molecule has 1 aliphatic heterocycles. The van der Waals surface area contributed by atoms with Crippen molar-refractivity contribution in [2.45, 2.75) is 38.8 Å². The SMILES string of the molecule is Cc1ccc(N(C(=O)c2snc(C(N)=O)c2N)[C@H](C(=O)NC[C@H]2CCCO2)c2ccc(F)cc2)c(C)c1. The Kier molecular flexibility index (Phi) is 7.84. The van der Waals surface area contributed by atoms with Crippen molar-refractivity contribution >= 4 is 40.6 Å². The van der Waals surface area contributed by atoms with Gasteiger partial charge in [-0.15, -0.1) is 0 Å². The Morgan fingerprint density at radius 1 is 1.22 bits per heavy atom. The second kappa shape index (κ2) is 11.1. The maximum absolute atomic E-state index is 14.1. The molecule has 3 amide bonds. The molecule has 11 heteroatoms. The average Bonchev–Trinajstić information content (AvgIpc) is 3.52. The van der Waals surface area contributed by atoms with Crippen LogP contribution < -0.4 is 21.7 Å². The van der Waals surface area contributed by atoms with Crippen LogP contribution >= 0.6 is 11.5 Å². The normalized spacial score (nSPS) is 15.8. The van der Waals surface area contributed by atoms with E-state index < -0.39 is 29.6 Å². The predicted octanol–water partition coefficient (Wildman–Crippen LogP) is 3.26. The van der Waals surface area contributed by atoms with Crippen LogP contribution in [0.15, 0.2) is 42.5 Å². The van der Waals surface area contributed by atoms with Gasteiger partial charge in [-0.05, 0) is 67.5 Å². The third-order valence-corrected chi connectivity index (χ3v) is 7.06. The number of amides is 3. The standard InChI is InChI=1S/C26H28FN5O4S/c1-14-5-10-19(15(2)12-14)32(26(35)23-20(28)21(24(29)33)31-37-23)22(16-6-8-17(27)9-7-16)25(34)30-13-18-4-3-11-36-18/h5-10,12,18,22H,3-4,11,13,28H2,1-2H3,(H2,29,33)(H,30,34)/t18-,22+/m1/s1. The molecular formula is C26H28FN5O4S. The fraction of sp³-hybridized carbons (Fsp3) is 0.308. The van der Waals surface area contributed by atoms with E-state index in [1.807, 2.05) is 26.0 Å². The molecule has 1 aliphatic rings. The average molecular weight is 526 g/mol. The fourth-order valence-corrected chi connectivity index (χ4v) is 5.10. The summed E-state index contributed by atoms with van der Waals surface area (Å²) in [4.78, 5) is 40.8. The van der Waals surface area contributed by atoms with E-state index in [0.717, 1.165) is 35.5 Å². The highest BCUT2D eigenvalue weighted by molar-refractivity contribution is 7.09. The van der Waals surface area contributed by atoms with Crippen molar-refractivity contribution in [3.63, 3.8) is 0 Å². The van der Waals surface area contributed by atoms with Crippen LogP contribution in [0.25, 0.3) is 0 Å². The lowest BCUT2D eigenvalue weighted by molar-refractivity contribution is -0.123. The topological polar surface area (TPSA) is 141 Å². The van der Waals surface area contributed by atoms with Crippen molar-refractivity contribution in [2.75, 3.05) is 23.8 Å². The molecule has 0 radical (unpaired) electrons. The number of nitrogens with two attached hydrogens (primary N) is 2. The number of nitrogen functional groups attached to an aromatic ring is 1. The summed E-state index contributed by atoms with van der Waals surface area (Å²) in [5, 5.41) is 2.89. The third-order valence-electron chi connectivity index (χ3n) is 6.21. The van der Waals surface area contributed by atoms with Gasteiger partial charge in [-0.3, -0.25) is 19.3 Å². The highest BCUT2D eigenvalue weighted by Crippen LogP contribution is 2.35. The van der Waals surface area contributed by atoms with Crippen LogP contribution in [-0.4, -0.2) is 41.4 Å². The number of hydrogen-bond acceptors (Lipinski definition) is 7. The van der Waals surface area contributed by atoms with E-state index in [0.29, 0.717) is 17.9 Å². The summed E-state index contributed by atoms with van der Waals surface area (Å²) >= 11 is 0.726. The highest BCUT2D eigenvalue weighted by Gasteiger charge is 2.37. The zero-order chi connectivity index (χ0) is 26.7. The summed E-state index contributed by atoms with van der Waals surface area (Å²) in [6.45, 7) is 4.62. The van der Waals surface area contributed by atoms with Gasteiger partial charge in [-0.2, -0.15) is 4.37 Å². The summed E-state index contributed by atoms with van der Waals surface area (Å²) in [6.07, 6.45) is 1.59. The lowest BCUT2D eigenvalue weighted by Crippen LogP contribution is -2.46. The molecule has 2 aromatic carbocycles. The van der Waals surface area contributed by atoms with Gasteiger partial charge in [-0.1, -0.05) is 29.8 Å². The zero-order valence-corrected chi connectivity index (χ0v) is 21.3. The number of hydrogen-bond donors (Lipinski definition) is 3. The number of aromatic nitrogens is 1. The van der Waals surface area contributed by atoms with Crippen LogP contribution in [0.4, 0.5) is 15.8 Å². The van der Waals surface area contributed by atoms with Crippen LogP contribution in [0.5, 0.6) is 0 Å². The lowest BCUT2D eigenvalue weighted by Gasteiger charge is -2.32. The molecule has 1 aromatic heterocycles. The Bertz CT molecular complexity index is 1320. The van der Waals surface area contributed by atoms with E-state index >= 15 is 0 Å². The molecular weight excluding hydrogens is 497 g/mol. The van der Waals surface area contributed by atoms with Gasteiger partial charge < -0.3 is 21.5 Å². The molecule has 0 unspecified atom stereocenters. The first-order chi connectivity index (χ1) is 17.7. The number of rotatable bonds is 8. The Morgan fingerprint density at radius 2 is 1.95 bits per heavy atom. The number of anilines is 2. The van der Waals surface area contributed by atoms with Crippen molar-refractivity contribution in [1.29, 1.82) is 0 Å². The molecule has 3 aromatic rings. The van der Waals surface area contributed by atoms with Gasteiger partial charge in [0, 0.05) is 18.8 Å². The Labute approximate surface area is 217 Å². The number of halogens is 1. The Hall–Kier alpha value is -3.83. The van der Waals surface area contributed by atoms with Crippen molar-refractivity contribution in [3.8, 4) is 0 Å². The molecule has 37 heavy (non-hydrogen) atoms. The minimum Gasteiger partial charge on any atom is -0.395 e. The van der Waals surface area contributed by atoms with Gasteiger partial charge in [0.25, 0.3) is 11.8 Å². The second-order valence-electron chi connectivity index (χ2n) is 8.94. The number of carbonyl (C=O) groups is 3. The number of ether oxygens (including phenoxy) is 1. The summed E-state index contributed by atoms with van der Waals surface area (Å²) in [7, 11) is 0. The van der Waals surface area contributed by atoms with Gasteiger partial charge in [0.2, 0.25) is 5.91 Å². The van der Waals surface area contributed by atoms with Crippen LogP contribution in [0.3, 0.4) is 0 Å². The number of aryl methyl sites for hydroxylation is 2. The predicted molar refractivity (Wildman–Crippen MR) is 139 cm³/mol. The molecule has 0 spiro atoms. The Morgan fingerprint density at radius 3 is 2.54 bits per heavy atom. The smallest absolute Gasteiger partial charge is 0.273 e. The van der Waals surface area contributed by atoms with Crippen molar-refractivity contribution in [2.24, 2.45) is 5.73 Å². The molecule has 0 saturated carbocycles. The molecule has 2 heterocycles. The van der Waals surface area contributed by atoms with E-state index in [1.165, 1.54) is 29.2 Å². The van der Waals surface area contributed by atoms with Gasteiger partial charge >= 0.3 is 0 Å². The number of nitrogens with zero attached hydrogens (tertiary/aromatic N) is 2. The number of nitrogens with one attached hydrogen (secondary N) is 1. The number of primary amides is 1. The quantitative estimate of drug-likeness (QED) is 0.412. The summed E-state index contributed by atoms with van der Waals surface area (Å²) < 4.78 is 23.4. The van der Waals surface area contributed by atoms with E-state index in [-0.39, 0.29) is 28.9 Å². The molecule has 4 rings (SSSR count). The lowest BCUT2D eigenvalue weighted by atomic mass is 10.0. The molecule has 0 aliphatic carbocycles. The van der Waals surface area contributed by atoms with Crippen LogP contribution in [0.2, 0.25) is 0 Å². The van der Waals surface area contributed by atoms with Crippen LogP contribution in [0.1, 0.15) is 55.7 Å². The van der Waals surface area contributed by atoms with Crippen molar-refractivity contribution < 1.29 is 23.5 Å². The number of benzene rings is 2. The highest BCUT2D eigenvalue weighted by atomic mass is 32.1. The van der Waals surface area contributed by atoms with Gasteiger partial charge in [0.15, 0.2) is 5.69 Å². The molecule has 0 bridgehead atoms. The summed E-state index contributed by atoms with van der Waals surface area (Å²) in [5.41, 5.74) is 13.6. The first-order valence-electron chi connectivity index (χ1n) is 11.8. The van der Waals surface area contributed by atoms with Crippen LogP contribution in [0, 0.1) is 19.7 Å². The van der Waals surface area contributed by atoms with E-state index in [4.69, 9.17) is 16.2 Å². The molecule has 2 atom stereocenters. The number of carbonyl (C=O) groups excluding carboxylic acids is 3. The van der Waals surface area contributed by atoms with Gasteiger partial charge in [0.1, 0.15) is 16.7 Å². The first kappa shape index (κ1) is 26.2. The van der Waals surface area contributed by atoms with Gasteiger partial charge in [-0.25, -0.2) is 4.39 Å². The zero-order valence-electron chi connectivity index (χ0n) is 20.5. The molecule has 1 saturated heterocycles. The monoisotopic (exact) mass is 525 g/mol. The maximum Gasteiger partial charge on any atom is 0.273 e. The summed E-state index contributed by atoms with van der Waals surface area (Å²) in [5.74, 6) is -2.47. The third kappa shape index (κ3) is 5.62. The van der Waals surface area contributed by atoms with Gasteiger partial charge in [0.05, 0.1) is 11.8 Å². The molecule has 1 fully saturated rings. The van der Waals surface area contributed by atoms with Crippen molar-refractivity contribution in [1.82, 2.24) is 9.69 Å². The largest absolute Gasteiger partial charge is 0.395 e.